The maximum atomic E-state index is 10.7. The number of nitro benzene ring substituents is 1. The highest BCUT2D eigenvalue weighted by molar-refractivity contribution is 5.92. The van der Waals surface area contributed by atoms with Gasteiger partial charge in [0.1, 0.15) is 5.75 Å². The topological polar surface area (TPSA) is 104 Å². The molecule has 0 saturated heterocycles. The zero-order valence-corrected chi connectivity index (χ0v) is 14.3. The van der Waals surface area contributed by atoms with Crippen LogP contribution in [0.25, 0.3) is 22.3 Å². The van der Waals surface area contributed by atoms with Crippen LogP contribution in [0.2, 0.25) is 0 Å². The Balaban J connectivity index is 1.55. The van der Waals surface area contributed by atoms with Gasteiger partial charge in [-0.05, 0) is 31.2 Å². The summed E-state index contributed by atoms with van der Waals surface area (Å²) < 4.78 is 10.8. The first kappa shape index (κ1) is 16.6. The van der Waals surface area contributed by atoms with Crippen molar-refractivity contribution in [1.82, 2.24) is 15.1 Å². The van der Waals surface area contributed by atoms with Gasteiger partial charge in [-0.2, -0.15) is 4.98 Å². The Labute approximate surface area is 153 Å². The summed E-state index contributed by atoms with van der Waals surface area (Å²) in [7, 11) is 0. The highest BCUT2D eigenvalue weighted by Crippen LogP contribution is 2.26. The number of rotatable bonds is 5. The number of pyridine rings is 1. The van der Waals surface area contributed by atoms with Crippen LogP contribution in [-0.4, -0.2) is 20.0 Å². The minimum atomic E-state index is -0.463. The molecule has 0 bridgehead atoms. The molecular formula is C19H14N4O4. The number of aromatic nitrogens is 3. The van der Waals surface area contributed by atoms with Crippen molar-refractivity contribution in [2.45, 2.75) is 13.5 Å². The normalized spacial score (nSPS) is 10.9. The summed E-state index contributed by atoms with van der Waals surface area (Å²) >= 11 is 0. The fourth-order valence-electron chi connectivity index (χ4n) is 2.72. The van der Waals surface area contributed by atoms with Crippen LogP contribution in [0.5, 0.6) is 5.75 Å². The van der Waals surface area contributed by atoms with Gasteiger partial charge in [0.05, 0.1) is 10.4 Å². The third-order valence-corrected chi connectivity index (χ3v) is 3.96. The first-order valence-electron chi connectivity index (χ1n) is 8.17. The number of hydrogen-bond acceptors (Lipinski definition) is 7. The molecule has 2 aromatic carbocycles. The lowest BCUT2D eigenvalue weighted by Crippen LogP contribution is -1.96. The minimum absolute atomic E-state index is 0.00219. The molecule has 0 N–H and O–H groups in total. The molecule has 0 saturated carbocycles. The van der Waals surface area contributed by atoms with Crippen LogP contribution in [0.4, 0.5) is 5.69 Å². The van der Waals surface area contributed by atoms with Gasteiger partial charge in [0.2, 0.25) is 5.82 Å². The number of benzene rings is 2. The van der Waals surface area contributed by atoms with Crippen molar-refractivity contribution in [1.29, 1.82) is 0 Å². The zero-order chi connectivity index (χ0) is 18.8. The first-order chi connectivity index (χ1) is 13.1. The maximum absolute atomic E-state index is 10.7. The quantitative estimate of drug-likeness (QED) is 0.389. The van der Waals surface area contributed by atoms with Gasteiger partial charge in [0, 0.05) is 28.8 Å². The highest BCUT2D eigenvalue weighted by Gasteiger charge is 2.14. The SMILES string of the molecule is Cc1cc(-c2noc(COc3ccc([N+](=O)[O-])cc3)n2)c2ccccc2n1. The highest BCUT2D eigenvalue weighted by atomic mass is 16.6. The monoisotopic (exact) mass is 362 g/mol. The zero-order valence-electron chi connectivity index (χ0n) is 14.3. The second-order valence-corrected chi connectivity index (χ2v) is 5.88. The van der Waals surface area contributed by atoms with E-state index in [2.05, 4.69) is 15.1 Å². The van der Waals surface area contributed by atoms with Crippen LogP contribution in [0.15, 0.2) is 59.1 Å². The van der Waals surface area contributed by atoms with Crippen LogP contribution < -0.4 is 4.74 Å². The number of para-hydroxylation sites is 1. The molecule has 0 radical (unpaired) electrons. The maximum Gasteiger partial charge on any atom is 0.269 e. The van der Waals surface area contributed by atoms with Gasteiger partial charge in [-0.1, -0.05) is 23.4 Å². The third kappa shape index (κ3) is 3.45. The van der Waals surface area contributed by atoms with Crippen molar-refractivity contribution in [3.63, 3.8) is 0 Å². The Morgan fingerprint density at radius 3 is 2.67 bits per heavy atom. The van der Waals surface area contributed by atoms with E-state index in [4.69, 9.17) is 9.26 Å². The van der Waals surface area contributed by atoms with E-state index in [-0.39, 0.29) is 12.3 Å². The van der Waals surface area contributed by atoms with Crippen LogP contribution >= 0.6 is 0 Å². The van der Waals surface area contributed by atoms with E-state index in [0.29, 0.717) is 17.5 Å². The van der Waals surface area contributed by atoms with E-state index in [0.717, 1.165) is 22.2 Å². The summed E-state index contributed by atoms with van der Waals surface area (Å²) in [5, 5.41) is 15.7. The first-order valence-corrected chi connectivity index (χ1v) is 8.17. The molecule has 0 fully saturated rings. The van der Waals surface area contributed by atoms with Crippen LogP contribution in [0.1, 0.15) is 11.6 Å². The molecule has 27 heavy (non-hydrogen) atoms. The molecule has 0 aliphatic heterocycles. The van der Waals surface area contributed by atoms with E-state index in [1.807, 2.05) is 37.3 Å². The molecule has 8 heteroatoms. The summed E-state index contributed by atoms with van der Waals surface area (Å²) in [6, 6.07) is 15.5. The Bertz CT molecular complexity index is 1120. The number of nitro groups is 1. The minimum Gasteiger partial charge on any atom is -0.484 e. The molecule has 8 nitrogen and oxygen atoms in total. The predicted octanol–water partition coefficient (Wildman–Crippen LogP) is 4.08. The van der Waals surface area contributed by atoms with E-state index >= 15 is 0 Å². The van der Waals surface area contributed by atoms with Crippen LogP contribution in [0, 0.1) is 17.0 Å². The number of non-ortho nitro benzene ring substituents is 1. The van der Waals surface area contributed by atoms with Crippen molar-refractivity contribution in [2.75, 3.05) is 0 Å². The average Bonchev–Trinajstić information content (AvgIpc) is 3.15. The summed E-state index contributed by atoms with van der Waals surface area (Å²) in [4.78, 5) is 19.1. The molecule has 2 aromatic heterocycles. The molecule has 0 amide bonds. The van der Waals surface area contributed by atoms with E-state index in [1.54, 1.807) is 0 Å². The predicted molar refractivity (Wildman–Crippen MR) is 97.2 cm³/mol. The Morgan fingerprint density at radius 1 is 1.11 bits per heavy atom. The summed E-state index contributed by atoms with van der Waals surface area (Å²) in [6.45, 7) is 1.97. The molecule has 134 valence electrons. The number of fused-ring (bicyclic) bond motifs is 1. The van der Waals surface area contributed by atoms with E-state index in [1.165, 1.54) is 24.3 Å². The van der Waals surface area contributed by atoms with Crippen LogP contribution in [-0.2, 0) is 6.61 Å². The van der Waals surface area contributed by atoms with Crippen molar-refractivity contribution < 1.29 is 14.2 Å². The van der Waals surface area contributed by atoms with Crippen molar-refractivity contribution in [3.8, 4) is 17.1 Å². The second kappa shape index (κ2) is 6.83. The standard InChI is InChI=1S/C19H14N4O4/c1-12-10-16(15-4-2-3-5-17(15)20-12)19-21-18(27-22-19)11-26-14-8-6-13(7-9-14)23(24)25/h2-10H,11H2,1H3. The number of aryl methyl sites for hydroxylation is 1. The molecule has 0 aliphatic carbocycles. The van der Waals surface area contributed by atoms with Gasteiger partial charge >= 0.3 is 0 Å². The van der Waals surface area contributed by atoms with Gasteiger partial charge in [-0.25, -0.2) is 0 Å². The lowest BCUT2D eigenvalue weighted by molar-refractivity contribution is -0.384. The Hall–Kier alpha value is -3.81. The fraction of sp³-hybridized carbons (Fsp3) is 0.105. The molecule has 0 aliphatic rings. The van der Waals surface area contributed by atoms with E-state index in [9.17, 15) is 10.1 Å². The molecule has 0 spiro atoms. The molecular weight excluding hydrogens is 348 g/mol. The van der Waals surface area contributed by atoms with E-state index < -0.39 is 4.92 Å². The van der Waals surface area contributed by atoms with Gasteiger partial charge in [0.15, 0.2) is 6.61 Å². The number of ether oxygens (including phenoxy) is 1. The molecule has 0 unspecified atom stereocenters. The molecule has 0 atom stereocenters. The van der Waals surface area contributed by atoms with Crippen LogP contribution in [0.3, 0.4) is 0 Å². The van der Waals surface area contributed by atoms with Gasteiger partial charge < -0.3 is 9.26 Å². The van der Waals surface area contributed by atoms with Gasteiger partial charge in [-0.15, -0.1) is 0 Å². The number of nitrogens with zero attached hydrogens (tertiary/aromatic N) is 4. The summed E-state index contributed by atoms with van der Waals surface area (Å²) in [5.41, 5.74) is 2.56. The second-order valence-electron chi connectivity index (χ2n) is 5.88. The van der Waals surface area contributed by atoms with Crippen molar-refractivity contribution >= 4 is 16.6 Å². The lowest BCUT2D eigenvalue weighted by Gasteiger charge is -2.04. The lowest BCUT2D eigenvalue weighted by atomic mass is 10.1. The van der Waals surface area contributed by atoms with Crippen molar-refractivity contribution in [2.24, 2.45) is 0 Å². The smallest absolute Gasteiger partial charge is 0.269 e. The Kier molecular flexibility index (Phi) is 4.21. The fourth-order valence-corrected chi connectivity index (χ4v) is 2.72. The molecule has 2 heterocycles. The molecule has 4 aromatic rings. The van der Waals surface area contributed by atoms with Gasteiger partial charge in [0.25, 0.3) is 11.6 Å². The largest absolute Gasteiger partial charge is 0.484 e. The van der Waals surface area contributed by atoms with Gasteiger partial charge in [-0.3, -0.25) is 15.1 Å². The summed E-state index contributed by atoms with van der Waals surface area (Å²) in [5.74, 6) is 1.24. The molecule has 4 rings (SSSR count). The number of hydrogen-bond donors (Lipinski definition) is 0. The third-order valence-electron chi connectivity index (χ3n) is 3.96. The summed E-state index contributed by atoms with van der Waals surface area (Å²) in [6.07, 6.45) is 0. The van der Waals surface area contributed by atoms with Crippen molar-refractivity contribution in [3.05, 3.63) is 76.3 Å². The average molecular weight is 362 g/mol. The Morgan fingerprint density at radius 2 is 1.89 bits per heavy atom.